The molecule has 0 saturated heterocycles. The first-order valence-electron chi connectivity index (χ1n) is 6.73. The number of rotatable bonds is 4. The molecule has 3 rings (SSSR count). The van der Waals surface area contributed by atoms with E-state index in [-0.39, 0.29) is 12.3 Å². The summed E-state index contributed by atoms with van der Waals surface area (Å²) >= 11 is 0. The minimum Gasteiger partial charge on any atom is -0.459 e. The molecule has 2 N–H and O–H groups in total. The normalized spacial score (nSPS) is 10.4. The molecule has 0 aliphatic rings. The first-order chi connectivity index (χ1) is 11.1. The Hall–Kier alpha value is -3.42. The Kier molecular flexibility index (Phi) is 3.88. The van der Waals surface area contributed by atoms with Crippen molar-refractivity contribution in [3.63, 3.8) is 0 Å². The number of fused-ring (bicyclic) bond motifs is 1. The van der Waals surface area contributed by atoms with E-state index in [0.717, 1.165) is 4.68 Å². The van der Waals surface area contributed by atoms with Crippen molar-refractivity contribution in [1.29, 1.82) is 0 Å². The number of carbonyl (C=O) groups is 2. The zero-order chi connectivity index (χ0) is 16.2. The van der Waals surface area contributed by atoms with Crippen LogP contribution in [0.3, 0.4) is 0 Å². The van der Waals surface area contributed by atoms with Crippen LogP contribution in [-0.4, -0.2) is 28.0 Å². The van der Waals surface area contributed by atoms with Gasteiger partial charge in [0, 0.05) is 0 Å². The SMILES string of the molecule is O=C(CNC(=O)c1ccco1)Nn1cnc2ccccc2c1=O. The van der Waals surface area contributed by atoms with Gasteiger partial charge in [-0.2, -0.15) is 0 Å². The summed E-state index contributed by atoms with van der Waals surface area (Å²) in [6, 6.07) is 9.84. The topological polar surface area (TPSA) is 106 Å². The standard InChI is InChI=1S/C15H12N4O4/c20-13(8-16-14(21)12-6-3-7-23-12)18-19-9-17-11-5-2-1-4-10(11)15(19)22/h1-7,9H,8H2,(H,16,21)(H,18,20). The number of aromatic nitrogens is 2. The summed E-state index contributed by atoms with van der Waals surface area (Å²) in [5.41, 5.74) is 2.50. The van der Waals surface area contributed by atoms with Gasteiger partial charge in [0.1, 0.15) is 6.33 Å². The van der Waals surface area contributed by atoms with Crippen molar-refractivity contribution in [2.75, 3.05) is 12.0 Å². The van der Waals surface area contributed by atoms with E-state index in [2.05, 4.69) is 15.7 Å². The van der Waals surface area contributed by atoms with Crippen LogP contribution in [0.4, 0.5) is 0 Å². The van der Waals surface area contributed by atoms with E-state index in [9.17, 15) is 14.4 Å². The molecule has 0 spiro atoms. The van der Waals surface area contributed by atoms with Crippen LogP contribution < -0.4 is 16.3 Å². The summed E-state index contributed by atoms with van der Waals surface area (Å²) in [5.74, 6) is -0.986. The van der Waals surface area contributed by atoms with Gasteiger partial charge in [0.05, 0.1) is 23.7 Å². The van der Waals surface area contributed by atoms with Gasteiger partial charge in [-0.25, -0.2) is 9.66 Å². The Labute approximate surface area is 129 Å². The number of nitrogens with one attached hydrogen (secondary N) is 2. The number of para-hydroxylation sites is 1. The molecular formula is C15H12N4O4. The molecule has 2 aromatic heterocycles. The summed E-state index contributed by atoms with van der Waals surface area (Å²) < 4.78 is 5.88. The third kappa shape index (κ3) is 3.10. The van der Waals surface area contributed by atoms with Crippen LogP contribution in [0.25, 0.3) is 10.9 Å². The third-order valence-corrected chi connectivity index (χ3v) is 3.07. The maximum absolute atomic E-state index is 12.2. The second-order valence-electron chi connectivity index (χ2n) is 4.63. The molecule has 1 aromatic carbocycles. The maximum atomic E-state index is 12.2. The number of carbonyl (C=O) groups excluding carboxylic acids is 2. The number of benzene rings is 1. The minimum atomic E-state index is -0.566. The van der Waals surface area contributed by atoms with Gasteiger partial charge >= 0.3 is 0 Å². The van der Waals surface area contributed by atoms with Crippen LogP contribution in [0, 0.1) is 0 Å². The fraction of sp³-hybridized carbons (Fsp3) is 0.0667. The Bertz CT molecular complexity index is 915. The Morgan fingerprint density at radius 3 is 2.78 bits per heavy atom. The highest BCUT2D eigenvalue weighted by Crippen LogP contribution is 2.03. The highest BCUT2D eigenvalue weighted by Gasteiger charge is 2.11. The molecule has 0 fully saturated rings. The van der Waals surface area contributed by atoms with Crippen LogP contribution in [0.2, 0.25) is 0 Å². The molecule has 0 unspecified atom stereocenters. The second-order valence-corrected chi connectivity index (χ2v) is 4.63. The molecule has 8 nitrogen and oxygen atoms in total. The average Bonchev–Trinajstić information content (AvgIpc) is 3.10. The molecule has 0 atom stereocenters. The summed E-state index contributed by atoms with van der Waals surface area (Å²) in [6.45, 7) is -0.307. The molecule has 0 saturated carbocycles. The van der Waals surface area contributed by atoms with E-state index in [1.54, 1.807) is 30.3 Å². The van der Waals surface area contributed by atoms with Gasteiger partial charge in [-0.15, -0.1) is 0 Å². The fourth-order valence-corrected chi connectivity index (χ4v) is 1.98. The van der Waals surface area contributed by atoms with Crippen molar-refractivity contribution in [2.24, 2.45) is 0 Å². The molecule has 0 radical (unpaired) electrons. The molecule has 3 aromatic rings. The van der Waals surface area contributed by atoms with E-state index in [0.29, 0.717) is 10.9 Å². The molecule has 2 heterocycles. The maximum Gasteiger partial charge on any atom is 0.287 e. The third-order valence-electron chi connectivity index (χ3n) is 3.07. The van der Waals surface area contributed by atoms with Crippen molar-refractivity contribution in [3.05, 3.63) is 65.1 Å². The largest absolute Gasteiger partial charge is 0.459 e. The van der Waals surface area contributed by atoms with Crippen molar-refractivity contribution < 1.29 is 14.0 Å². The monoisotopic (exact) mass is 312 g/mol. The lowest BCUT2D eigenvalue weighted by Crippen LogP contribution is -2.39. The van der Waals surface area contributed by atoms with Gasteiger partial charge in [0.2, 0.25) is 0 Å². The molecular weight excluding hydrogens is 300 g/mol. The first kappa shape index (κ1) is 14.5. The Balaban J connectivity index is 1.67. The zero-order valence-corrected chi connectivity index (χ0v) is 11.9. The molecule has 0 aliphatic carbocycles. The molecule has 23 heavy (non-hydrogen) atoms. The molecule has 0 bridgehead atoms. The number of hydrogen-bond donors (Lipinski definition) is 2. The number of nitrogens with zero attached hydrogens (tertiary/aromatic N) is 2. The average molecular weight is 312 g/mol. The van der Waals surface area contributed by atoms with Crippen LogP contribution in [0.1, 0.15) is 10.6 Å². The predicted octanol–water partition coefficient (Wildman–Crippen LogP) is 0.490. The van der Waals surface area contributed by atoms with Gasteiger partial charge in [0.25, 0.3) is 17.4 Å². The highest BCUT2D eigenvalue weighted by atomic mass is 16.3. The Morgan fingerprint density at radius 2 is 2.00 bits per heavy atom. The Morgan fingerprint density at radius 1 is 1.17 bits per heavy atom. The summed E-state index contributed by atoms with van der Waals surface area (Å²) in [6.07, 6.45) is 2.58. The molecule has 8 heteroatoms. The van der Waals surface area contributed by atoms with Crippen LogP contribution in [0.15, 0.2) is 58.2 Å². The zero-order valence-electron chi connectivity index (χ0n) is 11.9. The number of furan rings is 1. The van der Waals surface area contributed by atoms with Gasteiger partial charge in [-0.1, -0.05) is 12.1 Å². The van der Waals surface area contributed by atoms with Crippen LogP contribution in [0.5, 0.6) is 0 Å². The summed E-state index contributed by atoms with van der Waals surface area (Å²) in [5, 5.41) is 2.77. The number of amides is 2. The van der Waals surface area contributed by atoms with E-state index in [1.807, 2.05) is 0 Å². The smallest absolute Gasteiger partial charge is 0.287 e. The van der Waals surface area contributed by atoms with Crippen molar-refractivity contribution in [3.8, 4) is 0 Å². The van der Waals surface area contributed by atoms with Gasteiger partial charge in [-0.3, -0.25) is 19.8 Å². The van der Waals surface area contributed by atoms with E-state index >= 15 is 0 Å². The van der Waals surface area contributed by atoms with Gasteiger partial charge in [0.15, 0.2) is 5.76 Å². The van der Waals surface area contributed by atoms with Crippen LogP contribution in [-0.2, 0) is 4.79 Å². The van der Waals surface area contributed by atoms with E-state index in [4.69, 9.17) is 4.42 Å². The first-order valence-corrected chi connectivity index (χ1v) is 6.73. The molecule has 0 aliphatic heterocycles. The van der Waals surface area contributed by atoms with Crippen molar-refractivity contribution in [1.82, 2.24) is 15.0 Å². The van der Waals surface area contributed by atoms with E-state index < -0.39 is 17.4 Å². The quantitative estimate of drug-likeness (QED) is 0.729. The lowest BCUT2D eigenvalue weighted by molar-refractivity contribution is -0.116. The lowest BCUT2D eigenvalue weighted by Gasteiger charge is -2.08. The second kappa shape index (κ2) is 6.14. The molecule has 2 amide bonds. The summed E-state index contributed by atoms with van der Waals surface area (Å²) in [7, 11) is 0. The van der Waals surface area contributed by atoms with E-state index in [1.165, 1.54) is 18.7 Å². The van der Waals surface area contributed by atoms with Crippen LogP contribution >= 0.6 is 0 Å². The highest BCUT2D eigenvalue weighted by molar-refractivity contribution is 5.95. The fourth-order valence-electron chi connectivity index (χ4n) is 1.98. The molecule has 116 valence electrons. The predicted molar refractivity (Wildman–Crippen MR) is 81.4 cm³/mol. The summed E-state index contributed by atoms with van der Waals surface area (Å²) in [4.78, 5) is 39.7. The minimum absolute atomic E-state index is 0.0994. The van der Waals surface area contributed by atoms with Gasteiger partial charge < -0.3 is 9.73 Å². The van der Waals surface area contributed by atoms with Crippen molar-refractivity contribution >= 4 is 22.7 Å². The van der Waals surface area contributed by atoms with Crippen molar-refractivity contribution in [2.45, 2.75) is 0 Å². The van der Waals surface area contributed by atoms with Gasteiger partial charge in [-0.05, 0) is 24.3 Å². The number of hydrogen-bond acceptors (Lipinski definition) is 5. The lowest BCUT2D eigenvalue weighted by atomic mass is 10.2.